The minimum absolute atomic E-state index is 0. The summed E-state index contributed by atoms with van der Waals surface area (Å²) in [6.07, 6.45) is 28.4. The predicted molar refractivity (Wildman–Crippen MR) is 526 cm³/mol. The number of rotatable bonds is 19. The number of hydrogen-bond acceptors (Lipinski definition) is 26. The number of hydroxylamine groups is 3. The van der Waals surface area contributed by atoms with Crippen LogP contribution < -0.4 is 47.9 Å². The molecule has 1 unspecified atom stereocenters. The summed E-state index contributed by atoms with van der Waals surface area (Å²) >= 11 is 9.53. The molecule has 16 rings (SSSR count). The molecule has 14 aromatic rings. The number of aliphatic hydroxyl groups excluding tert-OH is 1. The van der Waals surface area contributed by atoms with Crippen molar-refractivity contribution in [3.63, 3.8) is 0 Å². The first-order valence-corrected chi connectivity index (χ1v) is 44.2. The molecular formula is C103H122Cl3LiMgN4O26. The summed E-state index contributed by atoms with van der Waals surface area (Å²) in [5.74, 6) is -2.26. The third kappa shape index (κ3) is 45.7. The number of aryl methyl sites for hydroxylation is 3. The predicted octanol–water partition coefficient (Wildman–Crippen LogP) is 16.3. The number of ketones is 1. The number of amides is 1. The van der Waals surface area contributed by atoms with E-state index in [1.807, 2.05) is 118 Å². The normalized spacial score (nSPS) is 11.3. The SMILES string of the molecule is C1CCOC1.CC=C(C(=O)OC)C(=O)OC.CCCC(=O)c1ccc2occc2c1.CCCC/C=C(/CCC)c1ccc2occc2c1.CCc1cc(C)c(=O)[nH]c1-c1ccc2occc2c1.CCc1ccc(=O)[nH]c1-c1ccc2occc2c1.CNOC.CON(C)C(=O)c1ccc2occc2c1.ClCCl.O=C(O)c1ccc2occc2c1.O=C=O.O=C=O.OC1CCCO1.[CH2-]CC.[Cl-].[Li+].[Mg+2].[OH-]. The van der Waals surface area contributed by atoms with Gasteiger partial charge in [0.05, 0.1) is 88.3 Å². The number of benzene rings is 6. The number of aromatic carboxylic acids is 1. The van der Waals surface area contributed by atoms with E-state index in [1.54, 1.807) is 102 Å². The second-order valence-electron chi connectivity index (χ2n) is 28.4. The van der Waals surface area contributed by atoms with Gasteiger partial charge in [0, 0.05) is 102 Å². The summed E-state index contributed by atoms with van der Waals surface area (Å²) in [7, 11) is 8.71. The van der Waals surface area contributed by atoms with Gasteiger partial charge >= 0.3 is 72.1 Å². The summed E-state index contributed by atoms with van der Waals surface area (Å²) in [6.45, 7) is 22.3. The van der Waals surface area contributed by atoms with Gasteiger partial charge in [-0.15, -0.1) is 23.2 Å². The molecule has 35 heteroatoms. The van der Waals surface area contributed by atoms with E-state index in [-0.39, 0.29) is 111 Å². The number of nitrogens with zero attached hydrogens (tertiary/aromatic N) is 1. The Kier molecular flexibility index (Phi) is 69.9. The van der Waals surface area contributed by atoms with Crippen LogP contribution in [0.2, 0.25) is 0 Å². The number of ether oxygens (including phenoxy) is 4. The maximum absolute atomic E-state index is 11.8. The van der Waals surface area contributed by atoms with Crippen molar-refractivity contribution in [2.75, 3.05) is 67.7 Å². The first kappa shape index (κ1) is 128. The second kappa shape index (κ2) is 75.3. The van der Waals surface area contributed by atoms with Gasteiger partial charge in [-0.05, 0) is 244 Å². The molecule has 2 aliphatic rings. The van der Waals surface area contributed by atoms with E-state index < -0.39 is 24.2 Å². The van der Waals surface area contributed by atoms with Gasteiger partial charge in [-0.25, -0.2) is 24.9 Å². The van der Waals surface area contributed by atoms with Crippen LogP contribution in [-0.4, -0.2) is 170 Å². The standard InChI is InChI=1S/C17H22O.C16H15NO2.C15H13NO2.C12H12O2.C11H11NO3.C9H6O3.C7H10O4.C4H8O2.C4H8O.C3H7.C2H7NO.CH2Cl2.2CO2.ClH.Li.Mg.H2O/c1-3-5-6-8-14(7-4-2)15-9-10-17-16(13-15)11-12-18-17;1-3-11-8-10(2)16(18)17-15(11)13-4-5-14-12(9-13)6-7-19-14;1-2-10-4-6-14(17)16-15(10)12-3-5-13-11(9-12)7-8-18-13;1-2-3-11(13)9-4-5-12-10(8-9)6-7-14-12;1-12(14-2)11(13)9-3-4-10-8(7-9)5-6-15-10;10-9(11)7-1-2-8-6(5-7)3-4-12-8;1-4-5(6(8)10-2)7(9)11-3;5-4-2-1-3-6-4;1-2-4-5-3-1;1-3-2;1-3-4-2;3*2-1-3;;;;/h8-13H,3-7H2,1-2H3;4-9H,3H2,1-2H3,(H,17,18);3-9H,2H2,1H3,(H,16,17);4-8H,2-3H2,1H3;3-7H,1-2H3;1-5H,(H,10,11);4H,1-3H3;4-5H,1-3H2;1-4H2;1,3H2,2H3;3H,1-2H3;1H2;;;1H;;;1H2/q;;;;;;;;;-1;;;;;;+1;+2;/p-2/b14-8-;;;;;;;;;;;;;;;;;. The van der Waals surface area contributed by atoms with Crippen LogP contribution in [-0.2, 0) is 70.2 Å². The average molecular weight is 1970 g/mol. The first-order valence-electron chi connectivity index (χ1n) is 43.1. The fourth-order valence-electron chi connectivity index (χ4n) is 12.4. The third-order valence-corrected chi connectivity index (χ3v) is 19.1. The molecule has 0 saturated carbocycles. The second-order valence-corrected chi connectivity index (χ2v) is 29.2. The summed E-state index contributed by atoms with van der Waals surface area (Å²) in [4.78, 5) is 126. The number of aromatic nitrogens is 2. The Hall–Kier alpha value is -11.8. The van der Waals surface area contributed by atoms with Crippen LogP contribution in [0.15, 0.2) is 255 Å². The number of carboxylic acids is 1. The van der Waals surface area contributed by atoms with Gasteiger partial charge in [0.1, 0.15) is 39.1 Å². The number of esters is 2. The number of carbonyl (C=O) groups excluding carboxylic acids is 8. The monoisotopic (exact) mass is 1970 g/mol. The summed E-state index contributed by atoms with van der Waals surface area (Å²) < 4.78 is 49.8. The van der Waals surface area contributed by atoms with E-state index in [4.69, 9.17) is 93.4 Å². The van der Waals surface area contributed by atoms with E-state index in [2.05, 4.69) is 88.7 Å². The molecule has 0 radical (unpaired) electrons. The first-order chi connectivity index (χ1) is 64.7. The molecule has 2 aliphatic heterocycles. The number of carboxylic acid groups (broad SMARTS) is 1. The van der Waals surface area contributed by atoms with E-state index in [9.17, 15) is 33.6 Å². The number of allylic oxidation sites excluding steroid dienone is 3. The molecule has 6 N–H and O–H groups in total. The minimum Gasteiger partial charge on any atom is -1.00 e. The van der Waals surface area contributed by atoms with E-state index >= 15 is 0 Å². The Bertz CT molecular complexity index is 6040. The largest absolute Gasteiger partial charge is 2.00 e. The van der Waals surface area contributed by atoms with Crippen molar-refractivity contribution in [3.05, 3.63) is 286 Å². The van der Waals surface area contributed by atoms with Crippen LogP contribution in [0.25, 0.3) is 93.9 Å². The number of carbonyl (C=O) groups is 5. The number of furan rings is 6. The molecule has 734 valence electrons. The molecule has 2 fully saturated rings. The number of pyridine rings is 2. The molecular weight excluding hydrogens is 1850 g/mol. The molecule has 6 aromatic carbocycles. The Balaban J connectivity index is 0. The molecule has 1 amide bonds. The van der Waals surface area contributed by atoms with Crippen molar-refractivity contribution in [3.8, 4) is 22.5 Å². The molecule has 138 heavy (non-hydrogen) atoms. The number of methoxy groups -OCH3 is 2. The number of unbranched alkanes of at least 4 members (excludes halogenated alkanes) is 2. The molecule has 30 nitrogen and oxygen atoms in total. The van der Waals surface area contributed by atoms with Crippen LogP contribution in [0.3, 0.4) is 0 Å². The maximum atomic E-state index is 11.8. The molecule has 0 aliphatic carbocycles. The van der Waals surface area contributed by atoms with Gasteiger partial charge in [-0.1, -0.05) is 85.1 Å². The Morgan fingerprint density at radius 1 is 0.551 bits per heavy atom. The Labute approximate surface area is 846 Å². The van der Waals surface area contributed by atoms with E-state index in [0.29, 0.717) is 17.6 Å². The maximum Gasteiger partial charge on any atom is 2.00 e. The van der Waals surface area contributed by atoms with Gasteiger partial charge in [0.15, 0.2) is 12.1 Å². The van der Waals surface area contributed by atoms with Crippen LogP contribution >= 0.6 is 23.2 Å². The fourth-order valence-corrected chi connectivity index (χ4v) is 12.4. The fraction of sp³-hybridized carbons (Fsp3) is 0.320. The van der Waals surface area contributed by atoms with Crippen molar-refractivity contribution in [2.24, 2.45) is 0 Å². The number of Topliss-reactive ketones (excluding diaryl/α,β-unsaturated/α-hetero) is 1. The number of aromatic amines is 2. The Morgan fingerprint density at radius 2 is 0.935 bits per heavy atom. The van der Waals surface area contributed by atoms with Crippen LogP contribution in [0.4, 0.5) is 0 Å². The number of halogens is 3. The number of alkyl halides is 2. The third-order valence-electron chi connectivity index (χ3n) is 19.1. The molecule has 0 spiro atoms. The van der Waals surface area contributed by atoms with Crippen molar-refractivity contribution in [2.45, 2.75) is 152 Å². The van der Waals surface area contributed by atoms with Gasteiger partial charge in [0.2, 0.25) is 5.56 Å². The molecule has 8 aromatic heterocycles. The van der Waals surface area contributed by atoms with Gasteiger partial charge < -0.3 is 95.3 Å². The number of hydrogen-bond donors (Lipinski definition) is 5. The number of nitrogens with one attached hydrogen (secondary N) is 3. The van der Waals surface area contributed by atoms with Crippen molar-refractivity contribution < 1.29 is 145 Å². The zero-order chi connectivity index (χ0) is 99.1. The summed E-state index contributed by atoms with van der Waals surface area (Å²) in [5.41, 5.74) is 18.6. The number of H-pyrrole nitrogens is 2. The molecule has 10 heterocycles. The Morgan fingerprint density at radius 3 is 1.28 bits per heavy atom. The quantitative estimate of drug-likeness (QED) is 0.00479. The number of aliphatic hydroxyl groups is 1. The van der Waals surface area contributed by atoms with Crippen molar-refractivity contribution in [1.29, 1.82) is 0 Å². The van der Waals surface area contributed by atoms with Crippen LogP contribution in [0, 0.1) is 13.8 Å². The molecule has 2 saturated heterocycles. The zero-order valence-electron chi connectivity index (χ0n) is 80.7. The van der Waals surface area contributed by atoms with Gasteiger partial charge in [-0.3, -0.25) is 24.0 Å². The summed E-state index contributed by atoms with van der Waals surface area (Å²) in [6, 6.07) is 50.7. The summed E-state index contributed by atoms with van der Waals surface area (Å²) in [5, 5.41) is 24.5. The smallest absolute Gasteiger partial charge is 1.00 e. The van der Waals surface area contributed by atoms with E-state index in [0.717, 1.165) is 164 Å². The van der Waals surface area contributed by atoms with Crippen molar-refractivity contribution >= 4 is 160 Å². The van der Waals surface area contributed by atoms with Gasteiger partial charge in [-0.2, -0.15) is 25.6 Å². The molecule has 0 bridgehead atoms. The van der Waals surface area contributed by atoms with Crippen LogP contribution in [0.1, 0.15) is 179 Å². The van der Waals surface area contributed by atoms with Crippen molar-refractivity contribution in [1.82, 2.24) is 20.5 Å². The van der Waals surface area contributed by atoms with Crippen LogP contribution in [0.5, 0.6) is 0 Å². The minimum atomic E-state index is -0.918. The average Bonchev–Trinajstić information content (AvgIpc) is 1.42. The van der Waals surface area contributed by atoms with E-state index in [1.165, 1.54) is 99.8 Å². The topological polar surface area (TPSA) is 439 Å². The zero-order valence-corrected chi connectivity index (χ0v) is 84.4. The molecule has 1 atom stereocenters. The number of fused-ring (bicyclic) bond motifs is 6. The van der Waals surface area contributed by atoms with Gasteiger partial charge in [0.25, 0.3) is 11.5 Å².